The number of rotatable bonds is 6. The molecule has 0 radical (unpaired) electrons. The van der Waals surface area contributed by atoms with E-state index >= 15 is 0 Å². The van der Waals surface area contributed by atoms with Crippen LogP contribution >= 0.6 is 23.1 Å². The molecule has 0 aliphatic rings. The van der Waals surface area contributed by atoms with Gasteiger partial charge >= 0.3 is 0 Å². The van der Waals surface area contributed by atoms with Crippen LogP contribution in [0.5, 0.6) is 0 Å². The fourth-order valence-electron chi connectivity index (χ4n) is 2.03. The molecule has 2 aromatic heterocycles. The molecule has 104 valence electrons. The van der Waals surface area contributed by atoms with Crippen LogP contribution in [-0.2, 0) is 0 Å². The summed E-state index contributed by atoms with van der Waals surface area (Å²) in [5.41, 5.74) is 1.31. The Morgan fingerprint density at radius 3 is 2.68 bits per heavy atom. The van der Waals surface area contributed by atoms with Gasteiger partial charge in [0.2, 0.25) is 0 Å². The average Bonchev–Trinajstić information content (AvgIpc) is 2.70. The van der Waals surface area contributed by atoms with Crippen LogP contribution in [0.2, 0.25) is 0 Å². The highest BCUT2D eigenvalue weighted by Crippen LogP contribution is 2.34. The molecule has 0 bridgehead atoms. The Labute approximate surface area is 123 Å². The number of fused-ring (bicyclic) bond motifs is 1. The second kappa shape index (κ2) is 6.57. The lowest BCUT2D eigenvalue weighted by atomic mass is 10.2. The van der Waals surface area contributed by atoms with Crippen molar-refractivity contribution in [2.75, 3.05) is 18.1 Å². The van der Waals surface area contributed by atoms with Crippen LogP contribution in [0.3, 0.4) is 0 Å². The van der Waals surface area contributed by atoms with Gasteiger partial charge in [0.15, 0.2) is 5.16 Å². The Morgan fingerprint density at radius 1 is 1.21 bits per heavy atom. The monoisotopic (exact) mass is 295 g/mol. The van der Waals surface area contributed by atoms with Crippen molar-refractivity contribution in [1.29, 1.82) is 0 Å². The molecule has 3 nitrogen and oxygen atoms in total. The molecule has 0 aromatic carbocycles. The number of unbranched alkanes of at least 4 members (excludes halogenated alkanes) is 2. The summed E-state index contributed by atoms with van der Waals surface area (Å²) in [6, 6.07) is 0. The molecule has 0 aliphatic carbocycles. The lowest BCUT2D eigenvalue weighted by Crippen LogP contribution is -2.05. The first-order valence-electron chi connectivity index (χ1n) is 6.73. The molecule has 0 aliphatic heterocycles. The van der Waals surface area contributed by atoms with Gasteiger partial charge < -0.3 is 5.32 Å². The molecule has 19 heavy (non-hydrogen) atoms. The standard InChI is InChI=1S/C14H21N3S2/c1-5-6-7-8-15-12-11-9(2)10(3)19-13(11)17-14(16-12)18-4/h5-8H2,1-4H3,(H,15,16,17). The minimum Gasteiger partial charge on any atom is -0.369 e. The van der Waals surface area contributed by atoms with E-state index < -0.39 is 0 Å². The first kappa shape index (κ1) is 14.6. The second-order valence-corrected chi connectivity index (χ2v) is 6.63. The number of aryl methyl sites for hydroxylation is 2. The van der Waals surface area contributed by atoms with Gasteiger partial charge in [-0.3, -0.25) is 0 Å². The van der Waals surface area contributed by atoms with Crippen LogP contribution in [0.1, 0.15) is 36.6 Å². The molecule has 5 heteroatoms. The van der Waals surface area contributed by atoms with Crippen LogP contribution in [-0.4, -0.2) is 22.8 Å². The van der Waals surface area contributed by atoms with E-state index in [0.29, 0.717) is 0 Å². The first-order chi connectivity index (χ1) is 9.17. The maximum atomic E-state index is 4.64. The minimum atomic E-state index is 0.853. The topological polar surface area (TPSA) is 37.8 Å². The van der Waals surface area contributed by atoms with Gasteiger partial charge in [-0.1, -0.05) is 31.5 Å². The van der Waals surface area contributed by atoms with Crippen LogP contribution in [0.4, 0.5) is 5.82 Å². The Balaban J connectivity index is 2.33. The average molecular weight is 295 g/mol. The maximum absolute atomic E-state index is 4.64. The van der Waals surface area contributed by atoms with E-state index in [1.54, 1.807) is 23.1 Å². The van der Waals surface area contributed by atoms with Gasteiger partial charge in [0.25, 0.3) is 0 Å². The highest BCUT2D eigenvalue weighted by molar-refractivity contribution is 7.98. The van der Waals surface area contributed by atoms with Crippen molar-refractivity contribution >= 4 is 39.1 Å². The summed E-state index contributed by atoms with van der Waals surface area (Å²) >= 11 is 3.36. The molecular weight excluding hydrogens is 274 g/mol. The summed E-state index contributed by atoms with van der Waals surface area (Å²) in [5, 5.41) is 5.55. The van der Waals surface area contributed by atoms with E-state index in [9.17, 15) is 0 Å². The molecule has 2 rings (SSSR count). The van der Waals surface area contributed by atoms with E-state index in [1.165, 1.54) is 35.1 Å². The van der Waals surface area contributed by atoms with Crippen molar-refractivity contribution in [3.63, 3.8) is 0 Å². The molecule has 0 fully saturated rings. The van der Waals surface area contributed by atoms with E-state index in [2.05, 4.69) is 36.1 Å². The van der Waals surface area contributed by atoms with Crippen LogP contribution in [0.15, 0.2) is 5.16 Å². The quantitative estimate of drug-likeness (QED) is 0.479. The molecule has 0 unspecified atom stereocenters. The molecule has 0 amide bonds. The summed E-state index contributed by atoms with van der Waals surface area (Å²) in [5.74, 6) is 1.01. The Hall–Kier alpha value is -0.810. The Kier molecular flexibility index (Phi) is 5.05. The van der Waals surface area contributed by atoms with Gasteiger partial charge in [0, 0.05) is 11.4 Å². The minimum absolute atomic E-state index is 0.853. The highest BCUT2D eigenvalue weighted by atomic mass is 32.2. The molecule has 0 spiro atoms. The number of nitrogens with one attached hydrogen (secondary N) is 1. The van der Waals surface area contributed by atoms with E-state index in [0.717, 1.165) is 22.3 Å². The number of anilines is 1. The smallest absolute Gasteiger partial charge is 0.190 e. The predicted octanol–water partition coefficient (Wildman–Crippen LogP) is 4.63. The van der Waals surface area contributed by atoms with Gasteiger partial charge in [-0.25, -0.2) is 9.97 Å². The molecule has 2 aromatic rings. The Morgan fingerprint density at radius 2 is 2.00 bits per heavy atom. The van der Waals surface area contributed by atoms with E-state index in [4.69, 9.17) is 0 Å². The summed E-state index contributed by atoms with van der Waals surface area (Å²) in [7, 11) is 0. The zero-order valence-corrected chi connectivity index (χ0v) is 13.7. The van der Waals surface area contributed by atoms with Crippen molar-refractivity contribution in [3.05, 3.63) is 10.4 Å². The molecule has 0 saturated carbocycles. The highest BCUT2D eigenvalue weighted by Gasteiger charge is 2.13. The molecule has 1 N–H and O–H groups in total. The molecule has 0 atom stereocenters. The number of thioether (sulfide) groups is 1. The lowest BCUT2D eigenvalue weighted by Gasteiger charge is -2.08. The van der Waals surface area contributed by atoms with Gasteiger partial charge in [0.1, 0.15) is 10.6 Å². The van der Waals surface area contributed by atoms with Gasteiger partial charge in [-0.15, -0.1) is 11.3 Å². The largest absolute Gasteiger partial charge is 0.369 e. The third-order valence-corrected chi connectivity index (χ3v) is 4.91. The number of thiophene rings is 1. The van der Waals surface area contributed by atoms with Gasteiger partial charge in [0.05, 0.1) is 5.39 Å². The van der Waals surface area contributed by atoms with Crippen molar-refractivity contribution in [1.82, 2.24) is 9.97 Å². The zero-order valence-electron chi connectivity index (χ0n) is 12.0. The summed E-state index contributed by atoms with van der Waals surface area (Å²) < 4.78 is 0. The van der Waals surface area contributed by atoms with Crippen LogP contribution in [0, 0.1) is 13.8 Å². The summed E-state index contributed by atoms with van der Waals surface area (Å²) in [6.45, 7) is 7.53. The molecule has 2 heterocycles. The van der Waals surface area contributed by atoms with E-state index in [-0.39, 0.29) is 0 Å². The number of nitrogens with zero attached hydrogens (tertiary/aromatic N) is 2. The molecular formula is C14H21N3S2. The third kappa shape index (κ3) is 3.20. The second-order valence-electron chi connectivity index (χ2n) is 4.66. The van der Waals surface area contributed by atoms with E-state index in [1.807, 2.05) is 6.26 Å². The van der Waals surface area contributed by atoms with Gasteiger partial charge in [-0.2, -0.15) is 0 Å². The molecule has 0 saturated heterocycles. The van der Waals surface area contributed by atoms with Crippen molar-refractivity contribution < 1.29 is 0 Å². The summed E-state index contributed by atoms with van der Waals surface area (Å²) in [6.07, 6.45) is 5.72. The van der Waals surface area contributed by atoms with Crippen LogP contribution in [0.25, 0.3) is 10.2 Å². The Bertz CT molecular complexity index is 563. The van der Waals surface area contributed by atoms with Gasteiger partial charge in [-0.05, 0) is 32.1 Å². The normalized spacial score (nSPS) is 11.2. The fraction of sp³-hybridized carbons (Fsp3) is 0.571. The van der Waals surface area contributed by atoms with Crippen molar-refractivity contribution in [2.45, 2.75) is 45.2 Å². The van der Waals surface area contributed by atoms with Crippen LogP contribution < -0.4 is 5.32 Å². The number of hydrogen-bond donors (Lipinski definition) is 1. The van der Waals surface area contributed by atoms with Crippen molar-refractivity contribution in [2.24, 2.45) is 0 Å². The maximum Gasteiger partial charge on any atom is 0.190 e. The lowest BCUT2D eigenvalue weighted by molar-refractivity contribution is 0.742. The summed E-state index contributed by atoms with van der Waals surface area (Å²) in [4.78, 5) is 11.7. The third-order valence-electron chi connectivity index (χ3n) is 3.26. The number of aromatic nitrogens is 2. The SMILES string of the molecule is CCCCCNc1nc(SC)nc2sc(C)c(C)c12. The fourth-order valence-corrected chi connectivity index (χ4v) is 3.48. The zero-order chi connectivity index (χ0) is 13.8. The number of hydrogen-bond acceptors (Lipinski definition) is 5. The first-order valence-corrected chi connectivity index (χ1v) is 8.77. The van der Waals surface area contributed by atoms with Crippen molar-refractivity contribution in [3.8, 4) is 0 Å². The predicted molar refractivity (Wildman–Crippen MR) is 86.7 cm³/mol.